The summed E-state index contributed by atoms with van der Waals surface area (Å²) in [5.74, 6) is -3.49. The molecular weight excluding hydrogens is 306 g/mol. The molecule has 0 aliphatic carbocycles. The summed E-state index contributed by atoms with van der Waals surface area (Å²) in [6, 6.07) is 0. The van der Waals surface area contributed by atoms with E-state index in [1.54, 1.807) is 0 Å². The molecule has 0 bridgehead atoms. The number of aliphatic carboxylic acids is 1. The maximum Gasteiger partial charge on any atom is 0.352 e. The van der Waals surface area contributed by atoms with E-state index in [1.807, 2.05) is 0 Å². The number of hydrogen-bond acceptors (Lipinski definition) is 7. The average molecular weight is 319 g/mol. The number of sulfone groups is 1. The van der Waals surface area contributed by atoms with Crippen LogP contribution in [0.2, 0.25) is 0 Å². The molecule has 10 heteroatoms. The van der Waals surface area contributed by atoms with Crippen LogP contribution < -0.4 is 0 Å². The molecule has 1 fully saturated rings. The van der Waals surface area contributed by atoms with Crippen molar-refractivity contribution in [3.8, 4) is 0 Å². The number of methoxy groups -OCH3 is 1. The van der Waals surface area contributed by atoms with E-state index in [1.165, 1.54) is 7.11 Å². The van der Waals surface area contributed by atoms with Crippen molar-refractivity contribution >= 4 is 27.7 Å². The third kappa shape index (κ3) is 2.40. The van der Waals surface area contributed by atoms with Gasteiger partial charge in [-0.2, -0.15) is 0 Å². The fraction of sp³-hybridized carbons (Fsp3) is 0.545. The van der Waals surface area contributed by atoms with Crippen LogP contribution in [0.15, 0.2) is 11.3 Å². The molecule has 1 N–H and O–H groups in total. The van der Waals surface area contributed by atoms with Gasteiger partial charge >= 0.3 is 11.9 Å². The summed E-state index contributed by atoms with van der Waals surface area (Å²) in [4.78, 5) is 34.6. The van der Waals surface area contributed by atoms with Crippen LogP contribution in [0.3, 0.4) is 0 Å². The highest BCUT2D eigenvalue weighted by molar-refractivity contribution is 7.92. The van der Waals surface area contributed by atoms with E-state index in [9.17, 15) is 27.9 Å². The first-order chi connectivity index (χ1) is 9.70. The zero-order valence-corrected chi connectivity index (χ0v) is 12.0. The Balaban J connectivity index is 2.46. The molecule has 2 aliphatic heterocycles. The van der Waals surface area contributed by atoms with Crippen molar-refractivity contribution in [2.75, 3.05) is 19.5 Å². The van der Waals surface area contributed by atoms with Crippen molar-refractivity contribution in [2.45, 2.75) is 18.4 Å². The third-order valence-corrected chi connectivity index (χ3v) is 5.16. The van der Waals surface area contributed by atoms with Gasteiger partial charge < -0.3 is 14.6 Å². The number of carbonyl (C=O) groups excluding carboxylic acids is 2. The van der Waals surface area contributed by atoms with Gasteiger partial charge in [-0.05, 0) is 0 Å². The van der Waals surface area contributed by atoms with Crippen LogP contribution in [0.25, 0.3) is 0 Å². The smallest absolute Gasteiger partial charge is 0.352 e. The predicted molar refractivity (Wildman–Crippen MR) is 66.5 cm³/mol. The minimum absolute atomic E-state index is 0.142. The van der Waals surface area contributed by atoms with Gasteiger partial charge in [0, 0.05) is 19.6 Å². The second-order valence-corrected chi connectivity index (χ2v) is 6.70. The summed E-state index contributed by atoms with van der Waals surface area (Å²) in [5, 5.41) is 7.87. The molecule has 9 nitrogen and oxygen atoms in total. The fourth-order valence-corrected chi connectivity index (χ4v) is 4.37. The highest BCUT2D eigenvalue weighted by atomic mass is 32.2. The predicted octanol–water partition coefficient (Wildman–Crippen LogP) is -1.50. The molecule has 1 unspecified atom stereocenters. The Morgan fingerprint density at radius 2 is 2.05 bits per heavy atom. The van der Waals surface area contributed by atoms with Crippen molar-refractivity contribution in [3.05, 3.63) is 11.3 Å². The molecule has 0 aromatic rings. The molecule has 2 atom stereocenters. The minimum Gasteiger partial charge on any atom is -0.477 e. The number of nitrogens with zero attached hydrogens (tertiary/aromatic N) is 1. The van der Waals surface area contributed by atoms with Crippen molar-refractivity contribution in [2.24, 2.45) is 0 Å². The lowest BCUT2D eigenvalue weighted by Crippen LogP contribution is -2.70. The van der Waals surface area contributed by atoms with Gasteiger partial charge in [0.15, 0.2) is 21.3 Å². The quantitative estimate of drug-likeness (QED) is 0.490. The number of amides is 1. The van der Waals surface area contributed by atoms with Crippen molar-refractivity contribution in [1.82, 2.24) is 4.90 Å². The minimum atomic E-state index is -3.81. The molecule has 2 rings (SSSR count). The molecular formula is C11H13NO8S. The van der Waals surface area contributed by atoms with Crippen LogP contribution in [0.4, 0.5) is 0 Å². The fourth-order valence-electron chi connectivity index (χ4n) is 2.36. The van der Waals surface area contributed by atoms with Gasteiger partial charge in [-0.25, -0.2) is 13.2 Å². The van der Waals surface area contributed by atoms with Crippen molar-refractivity contribution < 1.29 is 37.4 Å². The van der Waals surface area contributed by atoms with Crippen molar-refractivity contribution in [1.29, 1.82) is 0 Å². The first-order valence-electron chi connectivity index (χ1n) is 5.86. The molecule has 2 heterocycles. The number of carbonyl (C=O) groups is 3. The second-order valence-electron chi connectivity index (χ2n) is 4.60. The summed E-state index contributed by atoms with van der Waals surface area (Å²) in [7, 11) is -2.64. The Labute approximate surface area is 120 Å². The second kappa shape index (κ2) is 5.11. The zero-order valence-electron chi connectivity index (χ0n) is 11.2. The van der Waals surface area contributed by atoms with E-state index in [0.717, 1.165) is 6.92 Å². The number of ether oxygens (including phenoxy) is 2. The van der Waals surface area contributed by atoms with E-state index in [-0.39, 0.29) is 5.57 Å². The molecule has 21 heavy (non-hydrogen) atoms. The number of hydrogen-bond donors (Lipinski definition) is 1. The summed E-state index contributed by atoms with van der Waals surface area (Å²) >= 11 is 0. The molecule has 1 amide bonds. The van der Waals surface area contributed by atoms with E-state index >= 15 is 0 Å². The van der Waals surface area contributed by atoms with Crippen LogP contribution in [0.5, 0.6) is 0 Å². The van der Waals surface area contributed by atoms with Gasteiger partial charge in [0.1, 0.15) is 12.3 Å². The Bertz CT molecular complexity index is 649. The summed E-state index contributed by atoms with van der Waals surface area (Å²) in [6.07, 6.45) is -1.21. The Hall–Kier alpha value is -1.94. The van der Waals surface area contributed by atoms with Crippen molar-refractivity contribution in [3.63, 3.8) is 0 Å². The standard InChI is InChI=1S/C11H13NO8S/c1-5(13)20-3-6-4-21(17,18)10-8(19-2)9(14)12(10)7(6)11(15)16/h8,10H,3-4H2,1-2H3,(H,15,16)/t8?,10-/m1/s1. The van der Waals surface area contributed by atoms with Gasteiger partial charge in [0.25, 0.3) is 5.91 Å². The number of rotatable bonds is 4. The lowest BCUT2D eigenvalue weighted by Gasteiger charge is -2.48. The van der Waals surface area contributed by atoms with E-state index in [0.29, 0.717) is 4.90 Å². The van der Waals surface area contributed by atoms with Gasteiger partial charge in [0.05, 0.1) is 5.75 Å². The lowest BCUT2D eigenvalue weighted by molar-refractivity contribution is -0.162. The largest absolute Gasteiger partial charge is 0.477 e. The molecule has 0 radical (unpaired) electrons. The lowest BCUT2D eigenvalue weighted by atomic mass is 10.1. The van der Waals surface area contributed by atoms with Crippen LogP contribution in [-0.4, -0.2) is 67.2 Å². The highest BCUT2D eigenvalue weighted by Gasteiger charge is 2.60. The maximum absolute atomic E-state index is 12.1. The summed E-state index contributed by atoms with van der Waals surface area (Å²) in [6.45, 7) is 0.612. The van der Waals surface area contributed by atoms with E-state index < -0.39 is 57.2 Å². The molecule has 0 saturated carbocycles. The first-order valence-corrected chi connectivity index (χ1v) is 7.58. The number of β-lactam (4-membered cyclic amide) rings is 1. The first kappa shape index (κ1) is 15.4. The number of carboxylic acids is 1. The maximum atomic E-state index is 12.1. The van der Waals surface area contributed by atoms with Crippen LogP contribution in [-0.2, 0) is 33.7 Å². The summed E-state index contributed by atoms with van der Waals surface area (Å²) < 4.78 is 33.7. The number of carboxylic acid groups (broad SMARTS) is 1. The molecule has 0 spiro atoms. The topological polar surface area (TPSA) is 127 Å². The van der Waals surface area contributed by atoms with Crippen LogP contribution in [0, 0.1) is 0 Å². The molecule has 1 saturated heterocycles. The molecule has 0 aromatic carbocycles. The Morgan fingerprint density at radius 3 is 2.52 bits per heavy atom. The van der Waals surface area contributed by atoms with Gasteiger partial charge in [-0.15, -0.1) is 0 Å². The third-order valence-electron chi connectivity index (χ3n) is 3.22. The molecule has 0 aromatic heterocycles. The molecule has 2 aliphatic rings. The summed E-state index contributed by atoms with van der Waals surface area (Å²) in [5.41, 5.74) is -0.605. The van der Waals surface area contributed by atoms with E-state index in [4.69, 9.17) is 4.74 Å². The van der Waals surface area contributed by atoms with Gasteiger partial charge in [-0.3, -0.25) is 14.5 Å². The SMILES string of the molecule is COC1C(=O)N2C(C(=O)O)=C(COC(C)=O)CS(=O)(=O)[C@H]12. The highest BCUT2D eigenvalue weighted by Crippen LogP contribution is 2.37. The van der Waals surface area contributed by atoms with Gasteiger partial charge in [0.2, 0.25) is 0 Å². The number of esters is 1. The monoisotopic (exact) mass is 319 g/mol. The Morgan fingerprint density at radius 1 is 1.43 bits per heavy atom. The Kier molecular flexibility index (Phi) is 3.76. The number of fused-ring (bicyclic) bond motifs is 1. The molecule has 116 valence electrons. The van der Waals surface area contributed by atoms with Crippen LogP contribution in [0.1, 0.15) is 6.92 Å². The van der Waals surface area contributed by atoms with Gasteiger partial charge in [-0.1, -0.05) is 0 Å². The normalized spacial score (nSPS) is 27.0. The van der Waals surface area contributed by atoms with Crippen LogP contribution >= 0.6 is 0 Å². The van der Waals surface area contributed by atoms with E-state index in [2.05, 4.69) is 4.74 Å². The zero-order chi connectivity index (χ0) is 15.9. The average Bonchev–Trinajstić information content (AvgIpc) is 2.36.